The molecule has 0 aliphatic heterocycles. The van der Waals surface area contributed by atoms with Crippen molar-refractivity contribution in [1.82, 2.24) is 9.97 Å². The van der Waals surface area contributed by atoms with Gasteiger partial charge in [0.15, 0.2) is 0 Å². The maximum absolute atomic E-state index is 10.4. The molecule has 0 saturated carbocycles. The highest BCUT2D eigenvalue weighted by atomic mass is 35.5. The summed E-state index contributed by atoms with van der Waals surface area (Å²) in [5.41, 5.74) is 5.71. The van der Waals surface area contributed by atoms with E-state index in [1.165, 1.54) is 6.20 Å². The van der Waals surface area contributed by atoms with Crippen LogP contribution in [0, 0.1) is 6.92 Å². The number of anilines is 1. The topological polar surface area (TPSA) is 71.8 Å². The van der Waals surface area contributed by atoms with Gasteiger partial charge >= 0.3 is 5.69 Å². The maximum Gasteiger partial charge on any atom is 0.346 e. The third-order valence-electron chi connectivity index (χ3n) is 1.04. The van der Waals surface area contributed by atoms with E-state index in [0.717, 1.165) is 5.56 Å². The van der Waals surface area contributed by atoms with E-state index in [2.05, 4.69) is 9.97 Å². The second-order valence-corrected chi connectivity index (χ2v) is 1.79. The Balaban J connectivity index is 0.000000810. The number of hydrogen-bond donors (Lipinski definition) is 2. The van der Waals surface area contributed by atoms with Crippen molar-refractivity contribution in [2.75, 3.05) is 5.73 Å². The number of H-pyrrole nitrogens is 1. The van der Waals surface area contributed by atoms with Gasteiger partial charge in [-0.05, 0) is 6.92 Å². The predicted octanol–water partition coefficient (Wildman–Crippen LogP) is 0.0823. The molecule has 0 aromatic carbocycles. The minimum Gasteiger partial charge on any atom is -0.385 e. The minimum absolute atomic E-state index is 0. The van der Waals surface area contributed by atoms with E-state index in [1.54, 1.807) is 6.92 Å². The van der Waals surface area contributed by atoms with Gasteiger partial charge in [-0.15, -0.1) is 12.4 Å². The second kappa shape index (κ2) is 3.22. The Bertz CT molecular complexity index is 270. The third kappa shape index (κ3) is 1.73. The molecule has 0 unspecified atom stereocenters. The summed E-state index contributed by atoms with van der Waals surface area (Å²) < 4.78 is 0. The van der Waals surface area contributed by atoms with E-state index >= 15 is 0 Å². The van der Waals surface area contributed by atoms with Crippen LogP contribution in [-0.2, 0) is 0 Å². The summed E-state index contributed by atoms with van der Waals surface area (Å²) in [6.45, 7) is 1.78. The van der Waals surface area contributed by atoms with Gasteiger partial charge in [0.05, 0.1) is 0 Å². The van der Waals surface area contributed by atoms with Gasteiger partial charge in [-0.3, -0.25) is 4.98 Å². The fourth-order valence-electron chi connectivity index (χ4n) is 0.471. The lowest BCUT2D eigenvalue weighted by atomic mass is 10.5. The van der Waals surface area contributed by atoms with Crippen LogP contribution in [0.4, 0.5) is 5.82 Å². The van der Waals surface area contributed by atoms with Crippen LogP contribution in [0.5, 0.6) is 0 Å². The average molecular weight is 165 g/mol. The molecule has 1 heterocycles. The Hall–Kier alpha value is -1.03. The molecule has 1 aromatic rings. The van der Waals surface area contributed by atoms with Crippen LogP contribution in [0.1, 0.15) is 5.56 Å². The van der Waals surface area contributed by atoms with Crippen molar-refractivity contribution in [3.05, 3.63) is 22.2 Å². The van der Waals surface area contributed by atoms with Gasteiger partial charge in [0.25, 0.3) is 0 Å². The molecule has 0 amide bonds. The van der Waals surface area contributed by atoms with E-state index < -0.39 is 5.69 Å². The zero-order valence-corrected chi connectivity index (χ0v) is 6.23. The van der Waals surface area contributed by atoms with Crippen LogP contribution in [0.3, 0.4) is 0 Å². The summed E-state index contributed by atoms with van der Waals surface area (Å²) >= 11 is 0. The van der Waals surface area contributed by atoms with Crippen LogP contribution in [-0.4, -0.2) is 9.97 Å². The molecule has 10 heavy (non-hydrogen) atoms. The molecule has 56 valence electrons. The number of nitrogens with one attached hydrogen (secondary N) is 1. The molecule has 5 heteroatoms. The number of aryl methyl sites for hydroxylation is 1. The van der Waals surface area contributed by atoms with Gasteiger partial charge in [0, 0.05) is 11.8 Å². The number of aromatic amines is 1. The Morgan fingerprint density at radius 1 is 1.70 bits per heavy atom. The molecule has 1 aromatic heterocycles. The summed E-state index contributed by atoms with van der Waals surface area (Å²) in [7, 11) is 0. The second-order valence-electron chi connectivity index (χ2n) is 1.79. The predicted molar refractivity (Wildman–Crippen MR) is 41.3 cm³/mol. The number of nitrogens with two attached hydrogens (primary N) is 1. The quantitative estimate of drug-likeness (QED) is 0.534. The number of rotatable bonds is 0. The zero-order valence-electron chi connectivity index (χ0n) is 5.42. The van der Waals surface area contributed by atoms with Crippen LogP contribution in [0.15, 0.2) is 11.0 Å². The highest BCUT2D eigenvalue weighted by Gasteiger charge is 1.90. The van der Waals surface area contributed by atoms with Crippen molar-refractivity contribution in [3.8, 4) is 0 Å². The van der Waals surface area contributed by atoms with Gasteiger partial charge in [-0.1, -0.05) is 0 Å². The number of hydrogen-bond acceptors (Lipinski definition) is 3. The normalized spacial score (nSPS) is 8.50. The molecule has 1 rings (SSSR count). The molecule has 0 fully saturated rings. The van der Waals surface area contributed by atoms with Gasteiger partial charge in [-0.2, -0.15) is 0 Å². The summed E-state index contributed by atoms with van der Waals surface area (Å²) in [5, 5.41) is 0. The number of aromatic nitrogens is 2. The molecule has 0 spiro atoms. The minimum atomic E-state index is -0.405. The Labute approximate surface area is 63.9 Å². The first-order valence-corrected chi connectivity index (χ1v) is 2.51. The molecule has 0 aliphatic carbocycles. The summed E-state index contributed by atoms with van der Waals surface area (Å²) in [6, 6.07) is 0. The summed E-state index contributed by atoms with van der Waals surface area (Å²) in [5.74, 6) is 0.384. The van der Waals surface area contributed by atoms with Gasteiger partial charge < -0.3 is 5.73 Å². The van der Waals surface area contributed by atoms with Crippen molar-refractivity contribution < 1.29 is 0 Å². The monoisotopic (exact) mass is 164 g/mol. The van der Waals surface area contributed by atoms with Crippen LogP contribution in [0.25, 0.3) is 0 Å². The van der Waals surface area contributed by atoms with Crippen LogP contribution >= 0.6 is 12.4 Å². The van der Waals surface area contributed by atoms with Crippen molar-refractivity contribution in [2.45, 2.75) is 6.92 Å². The molecule has 4 nitrogen and oxygen atoms in total. The molecule has 0 radical (unpaired) electrons. The first-order valence-electron chi connectivity index (χ1n) is 2.51. The average Bonchev–Trinajstić information content (AvgIpc) is 1.80. The number of nitrogens with zero attached hydrogens (tertiary/aromatic N) is 1. The molecule has 0 aliphatic rings. The first-order chi connectivity index (χ1) is 4.20. The largest absolute Gasteiger partial charge is 0.385 e. The van der Waals surface area contributed by atoms with Gasteiger partial charge in [0.1, 0.15) is 5.82 Å². The number of halogens is 1. The third-order valence-corrected chi connectivity index (χ3v) is 1.04. The highest BCUT2D eigenvalue weighted by Crippen LogP contribution is 1.97. The molecular weight excluding hydrogens is 157 g/mol. The lowest BCUT2D eigenvalue weighted by molar-refractivity contribution is 1.06. The molecule has 3 N–H and O–H groups in total. The van der Waals surface area contributed by atoms with E-state index in [0.29, 0.717) is 5.82 Å². The fourth-order valence-corrected chi connectivity index (χ4v) is 0.471. The van der Waals surface area contributed by atoms with E-state index in [1.807, 2.05) is 0 Å². The standard InChI is InChI=1S/C5H7N3O.ClH/c1-3-2-7-5(9)8-4(3)6;/h2H,1H3,(H3,6,7,8,9);1H/i1+1,7+1,8+1;. The van der Waals surface area contributed by atoms with E-state index in [-0.39, 0.29) is 12.4 Å². The Morgan fingerprint density at radius 2 is 2.30 bits per heavy atom. The van der Waals surface area contributed by atoms with Gasteiger partial charge in [-0.25, -0.2) is 9.78 Å². The fraction of sp³-hybridized carbons (Fsp3) is 0.200. The zero-order chi connectivity index (χ0) is 6.85. The summed E-state index contributed by atoms with van der Waals surface area (Å²) in [4.78, 5) is 16.2. The van der Waals surface area contributed by atoms with Crippen molar-refractivity contribution in [1.29, 1.82) is 0 Å². The first kappa shape index (κ1) is 8.97. The van der Waals surface area contributed by atoms with Crippen LogP contribution in [0.2, 0.25) is 0 Å². The lowest BCUT2D eigenvalue weighted by Gasteiger charge is -1.93. The van der Waals surface area contributed by atoms with Crippen molar-refractivity contribution in [2.24, 2.45) is 0 Å². The Morgan fingerprint density at radius 3 is 2.70 bits per heavy atom. The molecule has 0 bridgehead atoms. The molecular formula is C5H8ClN3O. The van der Waals surface area contributed by atoms with Gasteiger partial charge in [0.2, 0.25) is 0 Å². The van der Waals surface area contributed by atoms with Crippen molar-refractivity contribution in [3.63, 3.8) is 0 Å². The van der Waals surface area contributed by atoms with E-state index in [9.17, 15) is 4.79 Å². The lowest BCUT2D eigenvalue weighted by Crippen LogP contribution is -2.12. The maximum atomic E-state index is 10.4. The number of nitrogen functional groups attached to an aromatic ring is 1. The highest BCUT2D eigenvalue weighted by molar-refractivity contribution is 5.85. The molecule has 0 saturated heterocycles. The van der Waals surface area contributed by atoms with Crippen molar-refractivity contribution >= 4 is 18.2 Å². The summed E-state index contributed by atoms with van der Waals surface area (Å²) in [6.07, 6.45) is 1.44. The van der Waals surface area contributed by atoms with E-state index in [4.69, 9.17) is 5.73 Å². The van der Waals surface area contributed by atoms with Crippen LogP contribution < -0.4 is 11.4 Å². The Kier molecular flexibility index (Phi) is 2.89. The molecule has 0 atom stereocenters. The SMILES string of the molecule is Cl.[13CH3]c1c[15n]c(=O)[15nH]c1N. The smallest absolute Gasteiger partial charge is 0.346 e.